The summed E-state index contributed by atoms with van der Waals surface area (Å²) in [5, 5.41) is 5.15. The summed E-state index contributed by atoms with van der Waals surface area (Å²) in [7, 11) is 0. The lowest BCUT2D eigenvalue weighted by Crippen LogP contribution is -2.49. The van der Waals surface area contributed by atoms with Crippen molar-refractivity contribution in [3.63, 3.8) is 0 Å². The molecule has 2 spiro atoms. The van der Waals surface area contributed by atoms with Crippen LogP contribution in [-0.2, 0) is 10.8 Å². The van der Waals surface area contributed by atoms with Crippen LogP contribution in [0.15, 0.2) is 224 Å². The van der Waals surface area contributed by atoms with Gasteiger partial charge in [0.2, 0.25) is 0 Å². The van der Waals surface area contributed by atoms with Gasteiger partial charge in [-0.25, -0.2) is 0 Å². The Morgan fingerprint density at radius 1 is 0.284 bits per heavy atom. The maximum Gasteiger partial charge on any atom is 0.0748 e. The van der Waals surface area contributed by atoms with Gasteiger partial charge in [-0.1, -0.05) is 175 Å². The number of aromatic nitrogens is 1. The Labute approximate surface area is 389 Å². The molecule has 3 heteroatoms. The second kappa shape index (κ2) is 13.1. The fraction of sp³-hybridized carbons (Fsp3) is 0.0625. The topological polar surface area (TPSA) is 10.9 Å². The lowest BCUT2D eigenvalue weighted by atomic mass is 9.49. The van der Waals surface area contributed by atoms with Gasteiger partial charge in [0, 0.05) is 32.9 Å². The summed E-state index contributed by atoms with van der Waals surface area (Å²) in [5.41, 5.74) is 22.5. The minimum absolute atomic E-state index is 0.630. The molecule has 1 aliphatic carbocycles. The molecule has 67 heavy (non-hydrogen) atoms. The van der Waals surface area contributed by atoms with Gasteiger partial charge >= 0.3 is 0 Å². The number of rotatable bonds is 2. The van der Waals surface area contributed by atoms with E-state index in [0.29, 0.717) is 0 Å². The molecule has 15 rings (SSSR count). The average Bonchev–Trinajstić information content (AvgIpc) is 3.90. The van der Waals surface area contributed by atoms with E-state index in [-0.39, 0.29) is 0 Å². The van der Waals surface area contributed by atoms with Gasteiger partial charge in [-0.15, -0.1) is 0 Å². The number of benzene rings is 10. The lowest BCUT2D eigenvalue weighted by Gasteiger charge is -2.56. The van der Waals surface area contributed by atoms with E-state index in [2.05, 4.69) is 253 Å². The van der Waals surface area contributed by atoms with Crippen molar-refractivity contribution in [3.05, 3.63) is 280 Å². The van der Waals surface area contributed by atoms with Crippen molar-refractivity contribution in [1.29, 1.82) is 0 Å². The zero-order valence-electron chi connectivity index (χ0n) is 37.2. The Balaban J connectivity index is 1.03. The first kappa shape index (κ1) is 36.9. The molecule has 0 fully saturated rings. The highest BCUT2D eigenvalue weighted by Gasteiger charge is 2.59. The minimum Gasteiger partial charge on any atom is -0.310 e. The molecule has 0 amide bonds. The summed E-state index contributed by atoms with van der Waals surface area (Å²) < 4.78 is 2.47. The van der Waals surface area contributed by atoms with Crippen LogP contribution in [0.5, 0.6) is 0 Å². The molecule has 0 N–H and O–H groups in total. The second-order valence-corrected chi connectivity index (χ2v) is 18.9. The first-order valence-electron chi connectivity index (χ1n) is 23.5. The fourth-order valence-electron chi connectivity index (χ4n) is 13.2. The van der Waals surface area contributed by atoms with E-state index >= 15 is 0 Å². The summed E-state index contributed by atoms with van der Waals surface area (Å²) >= 11 is 0. The second-order valence-electron chi connectivity index (χ2n) is 18.9. The van der Waals surface area contributed by atoms with Crippen LogP contribution in [0, 0.1) is 13.8 Å². The summed E-state index contributed by atoms with van der Waals surface area (Å²) in [6.07, 6.45) is 0. The predicted molar refractivity (Wildman–Crippen MR) is 277 cm³/mol. The van der Waals surface area contributed by atoms with Gasteiger partial charge in [0.1, 0.15) is 0 Å². The normalized spacial score (nSPS) is 14.9. The Kier molecular flexibility index (Phi) is 7.22. The minimum atomic E-state index is -0.647. The van der Waals surface area contributed by atoms with Gasteiger partial charge in [0.25, 0.3) is 0 Å². The summed E-state index contributed by atoms with van der Waals surface area (Å²) in [6, 6.07) is 85.2. The van der Waals surface area contributed by atoms with E-state index in [1.807, 2.05) is 0 Å². The van der Waals surface area contributed by atoms with E-state index in [1.54, 1.807) is 0 Å². The molecule has 0 unspecified atom stereocenters. The van der Waals surface area contributed by atoms with Crippen molar-refractivity contribution in [3.8, 4) is 0 Å². The largest absolute Gasteiger partial charge is 0.310 e. The zero-order chi connectivity index (χ0) is 44.2. The molecule has 2 aliphatic heterocycles. The van der Waals surface area contributed by atoms with Crippen LogP contribution in [0.25, 0.3) is 38.1 Å². The van der Waals surface area contributed by atoms with Crippen LogP contribution in [0.4, 0.5) is 34.1 Å². The number of para-hydroxylation sites is 5. The third-order valence-corrected chi connectivity index (χ3v) is 15.6. The van der Waals surface area contributed by atoms with Crippen molar-refractivity contribution in [2.75, 3.05) is 9.80 Å². The van der Waals surface area contributed by atoms with Crippen LogP contribution in [0.1, 0.15) is 55.6 Å². The molecular formula is C64H43N3. The molecule has 3 nitrogen and oxygen atoms in total. The van der Waals surface area contributed by atoms with E-state index in [9.17, 15) is 0 Å². The first-order chi connectivity index (χ1) is 33.1. The molecule has 0 atom stereocenters. The van der Waals surface area contributed by atoms with Crippen molar-refractivity contribution < 1.29 is 0 Å². The molecule has 314 valence electrons. The van der Waals surface area contributed by atoms with Crippen LogP contribution in [0.2, 0.25) is 0 Å². The first-order valence-corrected chi connectivity index (χ1v) is 23.5. The number of hydrogen-bond donors (Lipinski definition) is 0. The molecular weight excluding hydrogens is 811 g/mol. The quantitative estimate of drug-likeness (QED) is 0.172. The van der Waals surface area contributed by atoms with E-state index in [1.165, 1.54) is 116 Å². The molecule has 10 aromatic carbocycles. The van der Waals surface area contributed by atoms with E-state index in [0.717, 1.165) is 11.4 Å². The number of nitrogens with zero attached hydrogens (tertiary/aromatic N) is 3. The van der Waals surface area contributed by atoms with E-state index in [4.69, 9.17) is 0 Å². The maximum atomic E-state index is 2.54. The summed E-state index contributed by atoms with van der Waals surface area (Å²) in [6.45, 7) is 4.49. The van der Waals surface area contributed by atoms with Gasteiger partial charge in [0.15, 0.2) is 0 Å². The highest BCUT2D eigenvalue weighted by molar-refractivity contribution is 6.23. The smallest absolute Gasteiger partial charge is 0.0748 e. The molecule has 0 bridgehead atoms. The van der Waals surface area contributed by atoms with Gasteiger partial charge in [0.05, 0.1) is 50.1 Å². The van der Waals surface area contributed by atoms with Gasteiger partial charge < -0.3 is 14.2 Å². The number of fused-ring (bicyclic) bond motifs is 20. The SMILES string of the molecule is Cc1ccc2c(c1)C1(c3cc(C)ccc3N2c2ccccc2)c2ccccc2C2(c3ccccc3N(c3ccc4c(c3)c3cccc5c6ccccc6n4c53)c3ccccc32)c2ccccc21. The molecule has 0 radical (unpaired) electrons. The Morgan fingerprint density at radius 3 is 1.31 bits per heavy atom. The van der Waals surface area contributed by atoms with Crippen LogP contribution in [-0.4, -0.2) is 4.40 Å². The molecule has 2 aromatic heterocycles. The fourth-order valence-corrected chi connectivity index (χ4v) is 13.2. The average molecular weight is 854 g/mol. The highest BCUT2D eigenvalue weighted by Crippen LogP contribution is 2.68. The highest BCUT2D eigenvalue weighted by atomic mass is 15.2. The van der Waals surface area contributed by atoms with Gasteiger partial charge in [-0.2, -0.15) is 0 Å². The summed E-state index contributed by atoms with van der Waals surface area (Å²) in [5.74, 6) is 0. The van der Waals surface area contributed by atoms with Crippen molar-refractivity contribution in [2.24, 2.45) is 0 Å². The zero-order valence-corrected chi connectivity index (χ0v) is 37.2. The van der Waals surface area contributed by atoms with Crippen molar-refractivity contribution in [1.82, 2.24) is 4.40 Å². The van der Waals surface area contributed by atoms with E-state index < -0.39 is 10.8 Å². The van der Waals surface area contributed by atoms with Gasteiger partial charge in [-0.3, -0.25) is 0 Å². The van der Waals surface area contributed by atoms with Crippen LogP contribution in [0.3, 0.4) is 0 Å². The third kappa shape index (κ3) is 4.47. The lowest BCUT2D eigenvalue weighted by molar-refractivity contribution is 0.607. The number of hydrogen-bond acceptors (Lipinski definition) is 2. The molecule has 0 saturated carbocycles. The number of anilines is 6. The van der Waals surface area contributed by atoms with Crippen molar-refractivity contribution >= 4 is 72.2 Å². The summed E-state index contributed by atoms with van der Waals surface area (Å²) in [4.78, 5) is 5.03. The Morgan fingerprint density at radius 2 is 0.716 bits per heavy atom. The molecule has 12 aromatic rings. The molecule has 0 saturated heterocycles. The predicted octanol–water partition coefficient (Wildman–Crippen LogP) is 16.1. The molecule has 4 heterocycles. The van der Waals surface area contributed by atoms with Crippen LogP contribution >= 0.6 is 0 Å². The Bertz CT molecular complexity index is 3890. The van der Waals surface area contributed by atoms with Gasteiger partial charge in [-0.05, 0) is 119 Å². The molecule has 3 aliphatic rings. The monoisotopic (exact) mass is 853 g/mol. The number of aryl methyl sites for hydroxylation is 2. The third-order valence-electron chi connectivity index (χ3n) is 15.6. The van der Waals surface area contributed by atoms with Crippen LogP contribution < -0.4 is 9.80 Å². The Hall–Kier alpha value is -8.40. The maximum absolute atomic E-state index is 2.54. The standard InChI is InChI=1S/C64H43N3/c1-40-31-34-60-54(37-40)64(55-38-41(2)32-35-61(55)65(60)42-17-4-3-5-18-42)50-24-9-7-22-48(50)63(49-23-8-10-25-51(49)64)52-26-11-14-29-58(52)66(59-30-15-12-27-53(59)63)43-33-36-57-47(39-43)46-21-16-20-45-44-19-6-13-28-56(44)67(57)62(45)46/h3-39H,1-2H3. The van der Waals surface area contributed by atoms with Crippen molar-refractivity contribution in [2.45, 2.75) is 24.7 Å².